The zero-order valence-corrected chi connectivity index (χ0v) is 6.34. The van der Waals surface area contributed by atoms with Crippen molar-refractivity contribution < 1.29 is 35.3 Å². The second kappa shape index (κ2) is 2.15. The minimum Gasteiger partial charge on any atom is -0.794 e. The van der Waals surface area contributed by atoms with E-state index in [4.69, 9.17) is 0 Å². The first kappa shape index (κ1) is 11.7. The minimum atomic E-state index is -7.45. The Morgan fingerprint density at radius 3 is 1.33 bits per heavy atom. The van der Waals surface area contributed by atoms with E-state index in [1.54, 1.807) is 0 Å². The normalized spacial score (nSPS) is 18.5. The van der Waals surface area contributed by atoms with Crippen LogP contribution < -0.4 is 0 Å². The Bertz CT molecular complexity index is 238. The summed E-state index contributed by atoms with van der Waals surface area (Å²) in [5.41, 5.74) is 0. The van der Waals surface area contributed by atoms with Crippen LogP contribution in [0, 0.1) is 0 Å². The van der Waals surface area contributed by atoms with Crippen molar-refractivity contribution in [2.75, 3.05) is 6.26 Å². The van der Waals surface area contributed by atoms with Crippen molar-refractivity contribution in [1.82, 2.24) is 0 Å². The fourth-order valence-electron chi connectivity index (χ4n) is 0.257. The maximum absolute atomic E-state index is 11.8. The highest BCUT2D eigenvalue weighted by Gasteiger charge is 2.63. The highest BCUT2D eigenvalue weighted by Crippen LogP contribution is 2.46. The molecule has 3 nitrogen and oxygen atoms in total. The Morgan fingerprint density at radius 2 is 1.33 bits per heavy atom. The summed E-state index contributed by atoms with van der Waals surface area (Å²) >= 11 is 0. The van der Waals surface area contributed by atoms with Crippen LogP contribution in [0.1, 0.15) is 0 Å². The van der Waals surface area contributed by atoms with Gasteiger partial charge in [-0.2, -0.15) is 31.6 Å². The van der Waals surface area contributed by atoms with Gasteiger partial charge >= 0.3 is 11.4 Å². The van der Waals surface area contributed by atoms with Crippen LogP contribution in [0.5, 0.6) is 0 Å². The molecule has 0 fully saturated rings. The zero-order valence-electron chi connectivity index (χ0n) is 5.52. The lowest BCUT2D eigenvalue weighted by Crippen LogP contribution is -2.57. The molecule has 0 unspecified atom stereocenters. The second-order valence-electron chi connectivity index (χ2n) is 2.17. The van der Waals surface area contributed by atoms with Gasteiger partial charge in [-0.25, -0.2) is 0 Å². The summed E-state index contributed by atoms with van der Waals surface area (Å²) in [4.78, 5) is 0. The van der Waals surface area contributed by atoms with Crippen molar-refractivity contribution in [1.29, 1.82) is 0 Å². The Balaban J connectivity index is 5.31. The molecule has 0 aliphatic carbocycles. The summed E-state index contributed by atoms with van der Waals surface area (Å²) in [6, 6.07) is 0. The smallest absolute Gasteiger partial charge is 0.462 e. The third-order valence-corrected chi connectivity index (χ3v) is 2.27. The van der Waals surface area contributed by atoms with Crippen LogP contribution in [0.2, 0.25) is 0 Å². The Morgan fingerprint density at radius 1 is 1.08 bits per heavy atom. The maximum atomic E-state index is 11.8. The first-order valence-corrected chi connectivity index (χ1v) is 4.53. The van der Waals surface area contributed by atoms with Gasteiger partial charge in [-0.1, -0.05) is 0 Å². The van der Waals surface area contributed by atoms with Crippen molar-refractivity contribution in [3.8, 4) is 0 Å². The van der Waals surface area contributed by atoms with Gasteiger partial charge in [0.1, 0.15) is 0 Å². The van der Waals surface area contributed by atoms with Crippen LogP contribution in [-0.2, 0) is 9.63 Å². The molecule has 0 aromatic carbocycles. The molecular weight excluding hydrogens is 211 g/mol. The van der Waals surface area contributed by atoms with Crippen LogP contribution in [0.3, 0.4) is 0 Å². The minimum absolute atomic E-state index is 0.690. The molecule has 0 heterocycles. The Hall–Kier alpha value is -0.280. The second-order valence-corrected chi connectivity index (χ2v) is 5.00. The average Bonchev–Trinajstić information content (AvgIpc) is 1.55. The van der Waals surface area contributed by atoms with E-state index in [2.05, 4.69) is 0 Å². The van der Waals surface area contributed by atoms with Crippen LogP contribution in [0.25, 0.3) is 0 Å². The zero-order chi connectivity index (χ0) is 10.4. The highest BCUT2D eigenvalue weighted by molar-refractivity contribution is 8.10. The molecule has 0 aromatic heterocycles. The van der Waals surface area contributed by atoms with Crippen molar-refractivity contribution >= 4 is 9.63 Å². The molecule has 0 bridgehead atoms. The fourth-order valence-corrected chi connectivity index (χ4v) is 0.772. The third-order valence-electron chi connectivity index (χ3n) is 0.900. The molecule has 12 heavy (non-hydrogen) atoms. The van der Waals surface area contributed by atoms with E-state index in [0.29, 0.717) is 0 Å². The van der Waals surface area contributed by atoms with Crippen molar-refractivity contribution in [3.05, 3.63) is 0 Å². The van der Waals surface area contributed by atoms with Crippen LogP contribution in [0.15, 0.2) is 0 Å². The molecule has 0 amide bonds. The SMILES string of the molecule is CS(=O)([O-])([O-])C(F)(F)C(F)(F)F. The topological polar surface area (TPSA) is 63.2 Å². The van der Waals surface area contributed by atoms with E-state index >= 15 is 0 Å². The average molecular weight is 214 g/mol. The molecule has 0 atom stereocenters. The van der Waals surface area contributed by atoms with E-state index in [0.717, 1.165) is 0 Å². The summed E-state index contributed by atoms with van der Waals surface area (Å²) in [7, 11) is -7.45. The largest absolute Gasteiger partial charge is 0.794 e. The van der Waals surface area contributed by atoms with Gasteiger partial charge in [0, 0.05) is 0 Å². The van der Waals surface area contributed by atoms with Gasteiger partial charge in [-0.15, -0.1) is 0 Å². The molecule has 0 radical (unpaired) electrons. The maximum Gasteiger partial charge on any atom is 0.462 e. The van der Waals surface area contributed by atoms with Gasteiger partial charge in [0.15, 0.2) is 0 Å². The van der Waals surface area contributed by atoms with E-state index in [1.165, 1.54) is 0 Å². The number of rotatable bonds is 1. The van der Waals surface area contributed by atoms with E-state index < -0.39 is 27.3 Å². The number of halogens is 5. The Labute approximate surface area is 63.6 Å². The van der Waals surface area contributed by atoms with Crippen molar-refractivity contribution in [2.45, 2.75) is 11.4 Å². The number of sulfone groups is 3. The van der Waals surface area contributed by atoms with Gasteiger partial charge in [0.25, 0.3) is 0 Å². The lowest BCUT2D eigenvalue weighted by molar-refractivity contribution is -0.248. The first-order chi connectivity index (χ1) is 4.76. The monoisotopic (exact) mass is 214 g/mol. The van der Waals surface area contributed by atoms with E-state index in [1.807, 2.05) is 0 Å². The predicted molar refractivity (Wildman–Crippen MR) is 26.6 cm³/mol. The van der Waals surface area contributed by atoms with E-state index in [9.17, 15) is 35.3 Å². The van der Waals surface area contributed by atoms with E-state index in [-0.39, 0.29) is 0 Å². The molecule has 0 rings (SSSR count). The van der Waals surface area contributed by atoms with Gasteiger partial charge in [-0.3, -0.25) is 0 Å². The summed E-state index contributed by atoms with van der Waals surface area (Å²) in [6.07, 6.45) is -7.07. The molecule has 0 aliphatic rings. The quantitative estimate of drug-likeness (QED) is 0.608. The molecule has 0 N–H and O–H groups in total. The fraction of sp³-hybridized carbons (Fsp3) is 1.00. The standard InChI is InChI=1S/C3H5F5O3S/c1-12(9,10,11)3(7,8)2(4,5)6/h1H3,(H2,9,10,11)/p-2. The van der Waals surface area contributed by atoms with Crippen molar-refractivity contribution in [3.63, 3.8) is 0 Å². The van der Waals surface area contributed by atoms with Crippen LogP contribution in [0.4, 0.5) is 22.0 Å². The van der Waals surface area contributed by atoms with Crippen LogP contribution >= 0.6 is 0 Å². The molecule has 76 valence electrons. The highest BCUT2D eigenvalue weighted by atomic mass is 32.3. The summed E-state index contributed by atoms with van der Waals surface area (Å²) in [5, 5.41) is -6.25. The molecule has 0 saturated heterocycles. The summed E-state index contributed by atoms with van der Waals surface area (Å²) < 4.78 is 87.0. The molecule has 0 saturated carbocycles. The Kier molecular flexibility index (Phi) is 2.10. The lowest BCUT2D eigenvalue weighted by Gasteiger charge is -2.56. The van der Waals surface area contributed by atoms with Gasteiger partial charge in [-0.05, 0) is 6.26 Å². The van der Waals surface area contributed by atoms with Crippen molar-refractivity contribution in [2.24, 2.45) is 0 Å². The lowest BCUT2D eigenvalue weighted by atomic mass is 10.7. The molecule has 0 aromatic rings. The van der Waals surface area contributed by atoms with Gasteiger partial charge in [0.05, 0.1) is 0 Å². The first-order valence-electron chi connectivity index (χ1n) is 2.31. The summed E-state index contributed by atoms with van der Waals surface area (Å²) in [5.74, 6) is 0. The van der Waals surface area contributed by atoms with Gasteiger partial charge < -0.3 is 13.3 Å². The van der Waals surface area contributed by atoms with Crippen LogP contribution in [-0.4, -0.2) is 31.0 Å². The molecular formula is C3H3F5O3S-2. The number of alkyl halides is 5. The summed E-state index contributed by atoms with van der Waals surface area (Å²) in [6.45, 7) is 0. The third kappa shape index (κ3) is 1.72. The van der Waals surface area contributed by atoms with Gasteiger partial charge in [0.2, 0.25) is 0 Å². The number of hydrogen-bond acceptors (Lipinski definition) is 3. The molecule has 0 aliphatic heterocycles. The predicted octanol–water partition coefficient (Wildman–Crippen LogP) is 0.852. The molecule has 0 spiro atoms. The molecule has 9 heteroatoms. The number of hydrogen-bond donors (Lipinski definition) is 0.